The Bertz CT molecular complexity index is 1130. The summed E-state index contributed by atoms with van der Waals surface area (Å²) in [6.07, 6.45) is 0. The van der Waals surface area contributed by atoms with Crippen LogP contribution in [0.15, 0.2) is 76.8 Å². The van der Waals surface area contributed by atoms with Gasteiger partial charge in [0.25, 0.3) is 5.69 Å². The highest BCUT2D eigenvalue weighted by Gasteiger charge is 2.22. The van der Waals surface area contributed by atoms with Crippen LogP contribution in [0.4, 0.5) is 11.4 Å². The quantitative estimate of drug-likeness (QED) is 0.195. The van der Waals surface area contributed by atoms with E-state index in [0.717, 1.165) is 11.1 Å². The molecule has 0 heterocycles. The number of halogens is 2. The highest BCUT2D eigenvalue weighted by Crippen LogP contribution is 2.33. The monoisotopic (exact) mass is 469 g/mol. The van der Waals surface area contributed by atoms with E-state index in [1.165, 1.54) is 6.07 Å². The minimum absolute atomic E-state index is 0.0699. The van der Waals surface area contributed by atoms with E-state index in [1.807, 2.05) is 24.3 Å². The van der Waals surface area contributed by atoms with Crippen molar-refractivity contribution in [2.24, 2.45) is 15.9 Å². The van der Waals surface area contributed by atoms with Gasteiger partial charge >= 0.3 is 0 Å². The minimum Gasteiger partial charge on any atom is -0.369 e. The lowest BCUT2D eigenvalue weighted by atomic mass is 9.97. The van der Waals surface area contributed by atoms with Crippen LogP contribution in [0.1, 0.15) is 29.7 Å². The summed E-state index contributed by atoms with van der Waals surface area (Å²) in [4.78, 5) is 15.6. The molecule has 0 radical (unpaired) electrons. The van der Waals surface area contributed by atoms with E-state index in [4.69, 9.17) is 29.0 Å². The summed E-state index contributed by atoms with van der Waals surface area (Å²) in [5, 5.41) is 20.0. The Balaban J connectivity index is 2.13. The second-order valence-electron chi connectivity index (χ2n) is 6.96. The number of hydrogen-bond donors (Lipinski definition) is 2. The van der Waals surface area contributed by atoms with Gasteiger partial charge < -0.3 is 11.2 Å². The van der Waals surface area contributed by atoms with Crippen molar-refractivity contribution >= 4 is 46.0 Å². The first kappa shape index (κ1) is 23.2. The van der Waals surface area contributed by atoms with Gasteiger partial charge in [-0.2, -0.15) is 5.10 Å². The molecule has 32 heavy (non-hydrogen) atoms. The summed E-state index contributed by atoms with van der Waals surface area (Å²) in [5.41, 5.74) is 3.71. The van der Waals surface area contributed by atoms with E-state index in [-0.39, 0.29) is 5.69 Å². The maximum absolute atomic E-state index is 11.8. The molecule has 0 aliphatic carbocycles. The molecule has 3 N–H and O–H groups in total. The number of nitro groups is 1. The highest BCUT2D eigenvalue weighted by molar-refractivity contribution is 6.47. The number of hydrogen-bond acceptors (Lipinski definition) is 6. The summed E-state index contributed by atoms with van der Waals surface area (Å²) in [6.45, 7) is 1.72. The first-order valence-electron chi connectivity index (χ1n) is 9.62. The molecule has 0 amide bonds. The lowest BCUT2D eigenvalue weighted by Crippen LogP contribution is -2.17. The van der Waals surface area contributed by atoms with Crippen LogP contribution in [-0.4, -0.2) is 23.4 Å². The molecule has 0 spiro atoms. The number of nitrogens with two attached hydrogens (primary N) is 1. The fraction of sp³-hybridized carbons (Fsp3) is 0.130. The van der Waals surface area contributed by atoms with Gasteiger partial charge in [-0.3, -0.25) is 15.1 Å². The maximum Gasteiger partial charge on any atom is 0.292 e. The van der Waals surface area contributed by atoms with Gasteiger partial charge in [0.2, 0.25) is 0 Å². The normalized spacial score (nSPS) is 12.2. The highest BCUT2D eigenvalue weighted by atomic mass is 35.5. The first-order valence-corrected chi connectivity index (χ1v) is 10.4. The van der Waals surface area contributed by atoms with Crippen molar-refractivity contribution in [3.05, 3.63) is 104 Å². The van der Waals surface area contributed by atoms with Crippen LogP contribution >= 0.6 is 23.2 Å². The minimum atomic E-state index is -0.431. The lowest BCUT2D eigenvalue weighted by Gasteiger charge is -2.22. The van der Waals surface area contributed by atoms with Crippen LogP contribution in [-0.2, 0) is 0 Å². The summed E-state index contributed by atoms with van der Waals surface area (Å²) in [6, 6.07) is 18.9. The van der Waals surface area contributed by atoms with Gasteiger partial charge in [-0.05, 0) is 54.4 Å². The van der Waals surface area contributed by atoms with Gasteiger partial charge in [0.05, 0.1) is 22.4 Å². The molecule has 3 rings (SSSR count). The Morgan fingerprint density at radius 3 is 1.97 bits per heavy atom. The molecule has 9 heteroatoms. The molecule has 0 bridgehead atoms. The predicted molar refractivity (Wildman–Crippen MR) is 131 cm³/mol. The summed E-state index contributed by atoms with van der Waals surface area (Å²) in [7, 11) is 1.61. The number of hydrazone groups is 1. The number of rotatable bonds is 7. The number of nitro benzene ring substituents is 1. The van der Waals surface area contributed by atoms with Crippen LogP contribution in [0.25, 0.3) is 0 Å². The lowest BCUT2D eigenvalue weighted by molar-refractivity contribution is -0.384. The maximum atomic E-state index is 11.8. The molecular formula is C23H21Cl2N5O2. The van der Waals surface area contributed by atoms with Crippen LogP contribution < -0.4 is 11.2 Å². The molecule has 3 aromatic rings. The van der Waals surface area contributed by atoms with Crippen molar-refractivity contribution in [1.29, 1.82) is 0 Å². The average molecular weight is 470 g/mol. The van der Waals surface area contributed by atoms with Crippen molar-refractivity contribution in [2.45, 2.75) is 13.0 Å². The van der Waals surface area contributed by atoms with Crippen LogP contribution in [0, 0.1) is 10.1 Å². The Hall–Kier alpha value is -3.42. The molecule has 0 saturated heterocycles. The van der Waals surface area contributed by atoms with E-state index >= 15 is 0 Å². The molecule has 164 valence electrons. The van der Waals surface area contributed by atoms with Gasteiger partial charge in [0.15, 0.2) is 0 Å². The van der Waals surface area contributed by atoms with Crippen molar-refractivity contribution < 1.29 is 4.92 Å². The number of nitrogens with zero attached hydrogens (tertiary/aromatic N) is 3. The number of benzene rings is 3. The zero-order valence-corrected chi connectivity index (χ0v) is 18.9. The van der Waals surface area contributed by atoms with E-state index < -0.39 is 11.0 Å². The van der Waals surface area contributed by atoms with Gasteiger partial charge in [-0.1, -0.05) is 47.5 Å². The molecule has 3 aromatic carbocycles. The SMILES string of the molecule is CN=C(C(C)=NN)c1ccc([N+](=O)[O-])c(NC(c2ccc(Cl)cc2)c2ccc(Cl)cc2)c1. The second-order valence-corrected chi connectivity index (χ2v) is 7.83. The van der Waals surface area contributed by atoms with Gasteiger partial charge in [-0.25, -0.2) is 0 Å². The van der Waals surface area contributed by atoms with Gasteiger partial charge in [-0.15, -0.1) is 0 Å². The predicted octanol–water partition coefficient (Wildman–Crippen LogP) is 5.86. The summed E-state index contributed by atoms with van der Waals surface area (Å²) in [5.74, 6) is 5.42. The third-order valence-electron chi connectivity index (χ3n) is 4.93. The topological polar surface area (TPSA) is 106 Å². The number of anilines is 1. The third kappa shape index (κ3) is 5.25. The second kappa shape index (κ2) is 10.3. The summed E-state index contributed by atoms with van der Waals surface area (Å²) >= 11 is 12.1. The average Bonchev–Trinajstić information content (AvgIpc) is 2.79. The van der Waals surface area contributed by atoms with E-state index in [9.17, 15) is 10.1 Å². The van der Waals surface area contributed by atoms with Crippen molar-refractivity contribution in [3.63, 3.8) is 0 Å². The molecule has 0 aliphatic heterocycles. The largest absolute Gasteiger partial charge is 0.369 e. The molecule has 0 saturated carbocycles. The van der Waals surface area contributed by atoms with Crippen molar-refractivity contribution in [2.75, 3.05) is 12.4 Å². The van der Waals surface area contributed by atoms with Gasteiger partial charge in [0.1, 0.15) is 5.69 Å². The van der Waals surface area contributed by atoms with Crippen molar-refractivity contribution in [1.82, 2.24) is 0 Å². The smallest absolute Gasteiger partial charge is 0.292 e. The van der Waals surface area contributed by atoms with Crippen LogP contribution in [0.3, 0.4) is 0 Å². The molecule has 0 aliphatic rings. The Labute approximate surface area is 195 Å². The Morgan fingerprint density at radius 1 is 1.00 bits per heavy atom. The van der Waals surface area contributed by atoms with Crippen molar-refractivity contribution in [3.8, 4) is 0 Å². The van der Waals surface area contributed by atoms with Crippen LogP contribution in [0.2, 0.25) is 10.0 Å². The standard InChI is InChI=1S/C23H21Cl2N5O2/c1-14(29-26)22(27-2)17-7-12-21(30(31)32)20(13-17)28-23(15-3-8-18(24)9-4-15)16-5-10-19(25)11-6-16/h3-13,23,28H,26H2,1-2H3. The molecule has 0 unspecified atom stereocenters. The van der Waals surface area contributed by atoms with Gasteiger partial charge in [0, 0.05) is 28.7 Å². The van der Waals surface area contributed by atoms with Crippen LogP contribution in [0.5, 0.6) is 0 Å². The van der Waals surface area contributed by atoms with E-state index in [2.05, 4.69) is 15.4 Å². The first-order chi connectivity index (χ1) is 15.3. The van der Waals surface area contributed by atoms with E-state index in [0.29, 0.717) is 32.7 Å². The zero-order chi connectivity index (χ0) is 23.3. The third-order valence-corrected chi connectivity index (χ3v) is 5.44. The number of aliphatic imine (C=N–C) groups is 1. The Morgan fingerprint density at radius 2 is 1.53 bits per heavy atom. The molecule has 0 atom stereocenters. The molecule has 0 aromatic heterocycles. The summed E-state index contributed by atoms with van der Waals surface area (Å²) < 4.78 is 0. The fourth-order valence-electron chi connectivity index (χ4n) is 3.34. The fourth-order valence-corrected chi connectivity index (χ4v) is 3.60. The Kier molecular flexibility index (Phi) is 7.45. The number of nitrogens with one attached hydrogen (secondary N) is 1. The van der Waals surface area contributed by atoms with E-state index in [1.54, 1.807) is 50.4 Å². The zero-order valence-electron chi connectivity index (χ0n) is 17.4. The molecule has 7 nitrogen and oxygen atoms in total. The molecule has 0 fully saturated rings. The molecular weight excluding hydrogens is 449 g/mol.